The fourth-order valence-electron chi connectivity index (χ4n) is 2.98. The van der Waals surface area contributed by atoms with Crippen molar-refractivity contribution >= 4 is 17.5 Å². The monoisotopic (exact) mass is 466 g/mol. The van der Waals surface area contributed by atoms with Crippen molar-refractivity contribution in [2.24, 2.45) is 5.41 Å². The van der Waals surface area contributed by atoms with Crippen LogP contribution in [-0.2, 0) is 17.5 Å². The molecule has 10 heteroatoms. The lowest BCUT2D eigenvalue weighted by molar-refractivity contribution is -0.138. The summed E-state index contributed by atoms with van der Waals surface area (Å²) in [6.07, 6.45) is -4.56. The van der Waals surface area contributed by atoms with Gasteiger partial charge in [-0.1, -0.05) is 44.5 Å². The summed E-state index contributed by atoms with van der Waals surface area (Å²) in [5, 5.41) is 7.26. The van der Waals surface area contributed by atoms with Crippen LogP contribution in [0.2, 0.25) is 5.02 Å². The molecule has 2 aromatic carbocycles. The lowest BCUT2D eigenvalue weighted by atomic mass is 9.95. The van der Waals surface area contributed by atoms with Gasteiger partial charge in [-0.25, -0.2) is 4.79 Å². The van der Waals surface area contributed by atoms with Crippen molar-refractivity contribution in [3.63, 3.8) is 0 Å². The van der Waals surface area contributed by atoms with Crippen LogP contribution in [0.3, 0.4) is 0 Å². The zero-order valence-electron chi connectivity index (χ0n) is 17.9. The number of halogens is 4. The molecule has 3 aromatic rings. The zero-order valence-corrected chi connectivity index (χ0v) is 18.6. The molecule has 3 rings (SSSR count). The lowest BCUT2D eigenvalue weighted by Gasteiger charge is -2.17. The topological polar surface area (TPSA) is 79.8 Å². The standard InChI is InChI=1S/C22H22ClF3N4O2/c1-12-5-7-14(10-16(12)22(24,25)26)30-20(32)28-18(29-30)15-9-13(6-8-17(15)23)11-27-19(31)21(2,3)4/h5-10H,11H2,1-4H3,(H,27,31)(H,28,29,32). The molecule has 32 heavy (non-hydrogen) atoms. The van der Waals surface area contributed by atoms with Crippen LogP contribution in [0.15, 0.2) is 41.2 Å². The smallest absolute Gasteiger partial charge is 0.352 e. The maximum absolute atomic E-state index is 13.3. The minimum Gasteiger partial charge on any atom is -0.352 e. The van der Waals surface area contributed by atoms with Gasteiger partial charge in [-0.2, -0.15) is 17.9 Å². The van der Waals surface area contributed by atoms with E-state index < -0.39 is 22.8 Å². The molecular formula is C22H22ClF3N4O2. The lowest BCUT2D eigenvalue weighted by Crippen LogP contribution is -2.34. The van der Waals surface area contributed by atoms with E-state index in [0.29, 0.717) is 11.1 Å². The molecule has 0 saturated heterocycles. The average Bonchev–Trinajstić information content (AvgIpc) is 3.07. The zero-order chi connectivity index (χ0) is 23.8. The van der Waals surface area contributed by atoms with Gasteiger partial charge >= 0.3 is 11.9 Å². The number of hydrogen-bond donors (Lipinski definition) is 2. The number of aryl methyl sites for hydroxylation is 1. The van der Waals surface area contributed by atoms with Gasteiger partial charge in [-0.15, -0.1) is 5.10 Å². The molecule has 1 heterocycles. The Kier molecular flexibility index (Phi) is 6.24. The van der Waals surface area contributed by atoms with Gasteiger partial charge in [0.05, 0.1) is 16.3 Å². The molecular weight excluding hydrogens is 445 g/mol. The highest BCUT2D eigenvalue weighted by Gasteiger charge is 2.33. The van der Waals surface area contributed by atoms with E-state index in [4.69, 9.17) is 11.6 Å². The molecule has 0 saturated carbocycles. The predicted octanol–water partition coefficient (Wildman–Crippen LogP) is 4.87. The third-order valence-electron chi connectivity index (χ3n) is 4.81. The van der Waals surface area contributed by atoms with Crippen molar-refractivity contribution in [3.8, 4) is 17.1 Å². The molecule has 0 aliphatic rings. The van der Waals surface area contributed by atoms with Gasteiger partial charge < -0.3 is 5.32 Å². The Hall–Kier alpha value is -3.07. The quantitative estimate of drug-likeness (QED) is 0.575. The van der Waals surface area contributed by atoms with E-state index in [0.717, 1.165) is 10.7 Å². The summed E-state index contributed by atoms with van der Waals surface area (Å²) in [6.45, 7) is 6.96. The Bertz CT molecular complexity index is 1220. The number of carbonyl (C=O) groups excluding carboxylic acids is 1. The molecule has 0 bridgehead atoms. The summed E-state index contributed by atoms with van der Waals surface area (Å²) in [4.78, 5) is 27.1. The van der Waals surface area contributed by atoms with Gasteiger partial charge in [0.25, 0.3) is 0 Å². The van der Waals surface area contributed by atoms with Crippen LogP contribution in [0.25, 0.3) is 17.1 Å². The van der Waals surface area contributed by atoms with Gasteiger partial charge in [0.1, 0.15) is 0 Å². The first-order chi connectivity index (χ1) is 14.8. The first-order valence-corrected chi connectivity index (χ1v) is 10.1. The fraction of sp³-hybridized carbons (Fsp3) is 0.318. The number of aromatic amines is 1. The van der Waals surface area contributed by atoms with Crippen molar-refractivity contribution < 1.29 is 18.0 Å². The van der Waals surface area contributed by atoms with Crippen molar-refractivity contribution in [2.45, 2.75) is 40.4 Å². The third-order valence-corrected chi connectivity index (χ3v) is 5.14. The highest BCUT2D eigenvalue weighted by atomic mass is 35.5. The number of carbonyl (C=O) groups is 1. The largest absolute Gasteiger partial charge is 0.416 e. The maximum atomic E-state index is 13.3. The van der Waals surface area contributed by atoms with E-state index in [-0.39, 0.29) is 34.5 Å². The van der Waals surface area contributed by atoms with Gasteiger partial charge in [0.15, 0.2) is 5.82 Å². The van der Waals surface area contributed by atoms with Gasteiger partial charge in [-0.05, 0) is 42.3 Å². The van der Waals surface area contributed by atoms with Crippen LogP contribution in [0, 0.1) is 12.3 Å². The van der Waals surface area contributed by atoms with Crippen LogP contribution in [-0.4, -0.2) is 20.7 Å². The third kappa shape index (κ3) is 5.04. The van der Waals surface area contributed by atoms with E-state index in [1.54, 1.807) is 39.0 Å². The predicted molar refractivity (Wildman–Crippen MR) is 116 cm³/mol. The highest BCUT2D eigenvalue weighted by molar-refractivity contribution is 6.33. The van der Waals surface area contributed by atoms with E-state index in [1.807, 2.05) is 0 Å². The van der Waals surface area contributed by atoms with Crippen molar-refractivity contribution in [1.82, 2.24) is 20.1 Å². The Morgan fingerprint density at radius 3 is 2.47 bits per heavy atom. The summed E-state index contributed by atoms with van der Waals surface area (Å²) >= 11 is 6.27. The molecule has 0 aliphatic heterocycles. The molecule has 1 amide bonds. The van der Waals surface area contributed by atoms with Crippen molar-refractivity contribution in [3.05, 3.63) is 68.6 Å². The van der Waals surface area contributed by atoms with Gasteiger partial charge in [0, 0.05) is 17.5 Å². The number of H-pyrrole nitrogens is 1. The average molecular weight is 467 g/mol. The maximum Gasteiger partial charge on any atom is 0.416 e. The molecule has 0 aliphatic carbocycles. The molecule has 0 fully saturated rings. The number of nitrogens with zero attached hydrogens (tertiary/aromatic N) is 2. The SMILES string of the molecule is Cc1ccc(-n2nc(-c3cc(CNC(=O)C(C)(C)C)ccc3Cl)[nH]c2=O)cc1C(F)(F)F. The second kappa shape index (κ2) is 8.46. The summed E-state index contributed by atoms with van der Waals surface area (Å²) in [6, 6.07) is 8.52. The molecule has 0 radical (unpaired) electrons. The summed E-state index contributed by atoms with van der Waals surface area (Å²) in [5.74, 6) is -0.0374. The highest BCUT2D eigenvalue weighted by Crippen LogP contribution is 2.33. The van der Waals surface area contributed by atoms with E-state index >= 15 is 0 Å². The molecule has 170 valence electrons. The molecule has 0 atom stereocenters. The van der Waals surface area contributed by atoms with E-state index in [1.165, 1.54) is 19.1 Å². The summed E-state index contributed by atoms with van der Waals surface area (Å²) < 4.78 is 40.6. The minimum atomic E-state index is -4.56. The van der Waals surface area contributed by atoms with E-state index in [2.05, 4.69) is 15.4 Å². The number of amides is 1. The van der Waals surface area contributed by atoms with Crippen molar-refractivity contribution in [2.75, 3.05) is 0 Å². The number of benzene rings is 2. The molecule has 1 aromatic heterocycles. The Morgan fingerprint density at radius 2 is 1.84 bits per heavy atom. The van der Waals surface area contributed by atoms with Crippen LogP contribution in [0.5, 0.6) is 0 Å². The van der Waals surface area contributed by atoms with Crippen LogP contribution < -0.4 is 11.0 Å². The van der Waals surface area contributed by atoms with Crippen LogP contribution >= 0.6 is 11.6 Å². The minimum absolute atomic E-state index is 0.0276. The first kappa shape index (κ1) is 23.6. The molecule has 6 nitrogen and oxygen atoms in total. The van der Waals surface area contributed by atoms with Gasteiger partial charge in [-0.3, -0.25) is 9.78 Å². The number of nitrogens with one attached hydrogen (secondary N) is 2. The summed E-state index contributed by atoms with van der Waals surface area (Å²) in [7, 11) is 0. The van der Waals surface area contributed by atoms with E-state index in [9.17, 15) is 22.8 Å². The Morgan fingerprint density at radius 1 is 1.16 bits per heavy atom. The number of alkyl halides is 3. The molecule has 0 spiro atoms. The second-order valence-electron chi connectivity index (χ2n) is 8.43. The first-order valence-electron chi connectivity index (χ1n) is 9.72. The van der Waals surface area contributed by atoms with Gasteiger partial charge in [0.2, 0.25) is 5.91 Å². The second-order valence-corrected chi connectivity index (χ2v) is 8.84. The molecule has 0 unspecified atom stereocenters. The Balaban J connectivity index is 1.96. The number of rotatable bonds is 4. The number of hydrogen-bond acceptors (Lipinski definition) is 3. The van der Waals surface area contributed by atoms with Crippen LogP contribution in [0.4, 0.5) is 13.2 Å². The normalized spacial score (nSPS) is 12.1. The van der Waals surface area contributed by atoms with Crippen LogP contribution in [0.1, 0.15) is 37.5 Å². The molecule has 2 N–H and O–H groups in total. The summed E-state index contributed by atoms with van der Waals surface area (Å²) in [5.41, 5.74) is -0.998. The number of aromatic nitrogens is 3. The Labute approximate surface area is 187 Å². The van der Waals surface area contributed by atoms with Crippen molar-refractivity contribution in [1.29, 1.82) is 0 Å². The fourth-order valence-corrected chi connectivity index (χ4v) is 3.19.